The van der Waals surface area contributed by atoms with Gasteiger partial charge in [0.25, 0.3) is 5.91 Å². The molecule has 1 amide bonds. The predicted octanol–water partition coefficient (Wildman–Crippen LogP) is 1.87. The number of ether oxygens (including phenoxy) is 2. The Hall–Kier alpha value is -2.81. The van der Waals surface area contributed by atoms with Gasteiger partial charge in [-0.25, -0.2) is 14.8 Å². The van der Waals surface area contributed by atoms with E-state index in [9.17, 15) is 9.59 Å². The molecular formula is C22H29N5O4. The van der Waals surface area contributed by atoms with Crippen LogP contribution in [0, 0.1) is 12.3 Å². The maximum atomic E-state index is 12.8. The third-order valence-electron chi connectivity index (χ3n) is 6.19. The monoisotopic (exact) mass is 427 g/mol. The normalized spacial score (nSPS) is 17.7. The Morgan fingerprint density at radius 1 is 1.29 bits per heavy atom. The van der Waals surface area contributed by atoms with Gasteiger partial charge in [-0.15, -0.1) is 0 Å². The Morgan fingerprint density at radius 3 is 2.74 bits per heavy atom. The summed E-state index contributed by atoms with van der Waals surface area (Å²) in [5.41, 5.74) is 3.00. The highest BCUT2D eigenvalue weighted by Gasteiger charge is 2.39. The van der Waals surface area contributed by atoms with Gasteiger partial charge in [-0.2, -0.15) is 5.10 Å². The molecule has 0 atom stereocenters. The van der Waals surface area contributed by atoms with Crippen LogP contribution in [0.15, 0.2) is 12.4 Å². The number of amides is 1. The highest BCUT2D eigenvalue weighted by Crippen LogP contribution is 2.37. The molecule has 0 bridgehead atoms. The average Bonchev–Trinajstić information content (AvgIpc) is 3.06. The summed E-state index contributed by atoms with van der Waals surface area (Å²) in [4.78, 5) is 33.0. The molecule has 0 aliphatic carbocycles. The van der Waals surface area contributed by atoms with Crippen LogP contribution in [0.4, 0.5) is 0 Å². The van der Waals surface area contributed by atoms with Gasteiger partial charge in [-0.05, 0) is 51.4 Å². The number of nitrogens with one attached hydrogen (secondary N) is 1. The van der Waals surface area contributed by atoms with Crippen LogP contribution >= 0.6 is 0 Å². The lowest BCUT2D eigenvalue weighted by molar-refractivity contribution is 0.0160. The maximum Gasteiger partial charge on any atom is 0.341 e. The number of hydrogen-bond acceptors (Lipinski definition) is 7. The molecular weight excluding hydrogens is 398 g/mol. The number of fused-ring (bicyclic) bond motifs is 1. The van der Waals surface area contributed by atoms with E-state index in [4.69, 9.17) is 14.6 Å². The number of carbonyl (C=O) groups is 2. The SMILES string of the molecule is CCn1nc(CCCOC(=O)c2cnc(C)nc2)c2c1C(=O)NCC1(CCOCC1)C2. The highest BCUT2D eigenvalue weighted by atomic mass is 16.5. The average molecular weight is 428 g/mol. The van der Waals surface area contributed by atoms with Crippen molar-refractivity contribution in [3.05, 3.63) is 40.7 Å². The Balaban J connectivity index is 1.44. The summed E-state index contributed by atoms with van der Waals surface area (Å²) in [6.45, 7) is 6.77. The zero-order valence-electron chi connectivity index (χ0n) is 18.1. The topological polar surface area (TPSA) is 108 Å². The van der Waals surface area contributed by atoms with E-state index in [0.29, 0.717) is 43.0 Å². The molecule has 1 fully saturated rings. The molecule has 9 heteroatoms. The van der Waals surface area contributed by atoms with Crippen molar-refractivity contribution < 1.29 is 19.1 Å². The van der Waals surface area contributed by atoms with Crippen molar-refractivity contribution in [2.45, 2.75) is 52.5 Å². The van der Waals surface area contributed by atoms with Crippen LogP contribution in [-0.2, 0) is 28.9 Å². The van der Waals surface area contributed by atoms with Crippen molar-refractivity contribution in [3.63, 3.8) is 0 Å². The highest BCUT2D eigenvalue weighted by molar-refractivity contribution is 5.94. The summed E-state index contributed by atoms with van der Waals surface area (Å²) < 4.78 is 12.7. The largest absolute Gasteiger partial charge is 0.462 e. The molecule has 2 aromatic heterocycles. The lowest BCUT2D eigenvalue weighted by atomic mass is 9.75. The molecule has 2 aliphatic heterocycles. The van der Waals surface area contributed by atoms with Crippen molar-refractivity contribution >= 4 is 11.9 Å². The number of nitrogens with zero attached hydrogens (tertiary/aromatic N) is 4. The van der Waals surface area contributed by atoms with Crippen molar-refractivity contribution in [2.75, 3.05) is 26.4 Å². The Kier molecular flexibility index (Phi) is 6.31. The first-order chi connectivity index (χ1) is 15.0. The third kappa shape index (κ3) is 4.61. The van der Waals surface area contributed by atoms with Gasteiger partial charge < -0.3 is 14.8 Å². The van der Waals surface area contributed by atoms with Gasteiger partial charge in [0.2, 0.25) is 0 Å². The van der Waals surface area contributed by atoms with Gasteiger partial charge in [0, 0.05) is 44.3 Å². The number of aromatic nitrogens is 4. The lowest BCUT2D eigenvalue weighted by Gasteiger charge is -2.36. The van der Waals surface area contributed by atoms with Gasteiger partial charge in [-0.3, -0.25) is 9.48 Å². The van der Waals surface area contributed by atoms with Gasteiger partial charge in [0.05, 0.1) is 17.9 Å². The van der Waals surface area contributed by atoms with E-state index >= 15 is 0 Å². The van der Waals surface area contributed by atoms with Crippen LogP contribution in [-0.4, -0.2) is 58.0 Å². The van der Waals surface area contributed by atoms with Crippen LogP contribution in [0.3, 0.4) is 0 Å². The fourth-order valence-corrected chi connectivity index (χ4v) is 4.35. The van der Waals surface area contributed by atoms with Crippen LogP contribution in [0.2, 0.25) is 0 Å². The predicted molar refractivity (Wildman–Crippen MR) is 112 cm³/mol. The molecule has 31 heavy (non-hydrogen) atoms. The minimum Gasteiger partial charge on any atom is -0.462 e. The molecule has 0 aromatic carbocycles. The molecule has 9 nitrogen and oxygen atoms in total. The summed E-state index contributed by atoms with van der Waals surface area (Å²) in [6, 6.07) is 0. The number of hydrogen-bond donors (Lipinski definition) is 1. The maximum absolute atomic E-state index is 12.8. The molecule has 2 aliphatic rings. The fourth-order valence-electron chi connectivity index (χ4n) is 4.35. The Labute approximate surface area is 181 Å². The van der Waals surface area contributed by atoms with Crippen LogP contribution in [0.1, 0.15) is 64.1 Å². The molecule has 0 unspecified atom stereocenters. The van der Waals surface area contributed by atoms with Crippen LogP contribution in [0.25, 0.3) is 0 Å². The Morgan fingerprint density at radius 2 is 2.03 bits per heavy atom. The lowest BCUT2D eigenvalue weighted by Crippen LogP contribution is -2.40. The van der Waals surface area contributed by atoms with Crippen molar-refractivity contribution in [1.82, 2.24) is 25.1 Å². The van der Waals surface area contributed by atoms with E-state index in [1.54, 1.807) is 11.6 Å². The van der Waals surface area contributed by atoms with Crippen molar-refractivity contribution in [1.29, 1.82) is 0 Å². The van der Waals surface area contributed by atoms with Gasteiger partial charge in [0.15, 0.2) is 0 Å². The van der Waals surface area contributed by atoms with E-state index in [2.05, 4.69) is 15.3 Å². The number of esters is 1. The molecule has 2 aromatic rings. The molecule has 1 saturated heterocycles. The summed E-state index contributed by atoms with van der Waals surface area (Å²) in [6.07, 6.45) is 6.90. The molecule has 1 spiro atoms. The van der Waals surface area contributed by atoms with Gasteiger partial charge >= 0.3 is 5.97 Å². The number of carbonyl (C=O) groups excluding carboxylic acids is 2. The van der Waals surface area contributed by atoms with Crippen LogP contribution < -0.4 is 5.32 Å². The first-order valence-corrected chi connectivity index (χ1v) is 10.9. The number of rotatable bonds is 6. The van der Waals surface area contributed by atoms with Crippen molar-refractivity contribution in [2.24, 2.45) is 5.41 Å². The fraction of sp³-hybridized carbons (Fsp3) is 0.591. The van der Waals surface area contributed by atoms with E-state index in [1.165, 1.54) is 12.4 Å². The molecule has 0 saturated carbocycles. The van der Waals surface area contributed by atoms with Crippen LogP contribution in [0.5, 0.6) is 0 Å². The summed E-state index contributed by atoms with van der Waals surface area (Å²) >= 11 is 0. The molecule has 4 rings (SSSR count). The van der Waals surface area contributed by atoms with Crippen molar-refractivity contribution in [3.8, 4) is 0 Å². The summed E-state index contributed by atoms with van der Waals surface area (Å²) in [5.74, 6) is 0.123. The molecule has 0 radical (unpaired) electrons. The zero-order chi connectivity index (χ0) is 21.8. The molecule has 166 valence electrons. The van der Waals surface area contributed by atoms with E-state index < -0.39 is 5.97 Å². The minimum atomic E-state index is -0.432. The minimum absolute atomic E-state index is 0.0213. The smallest absolute Gasteiger partial charge is 0.341 e. The van der Waals surface area contributed by atoms with Gasteiger partial charge in [0.1, 0.15) is 11.5 Å². The quantitative estimate of drug-likeness (QED) is 0.554. The number of aryl methyl sites for hydroxylation is 3. The molecule has 1 N–H and O–H groups in total. The second-order valence-electron chi connectivity index (χ2n) is 8.32. The Bertz CT molecular complexity index is 948. The van der Waals surface area contributed by atoms with E-state index in [0.717, 1.165) is 43.7 Å². The van der Waals surface area contributed by atoms with E-state index in [-0.39, 0.29) is 17.9 Å². The first kappa shape index (κ1) is 21.4. The zero-order valence-corrected chi connectivity index (χ0v) is 18.1. The van der Waals surface area contributed by atoms with E-state index in [1.807, 2.05) is 6.92 Å². The first-order valence-electron chi connectivity index (χ1n) is 10.9. The second-order valence-corrected chi connectivity index (χ2v) is 8.32. The second kappa shape index (κ2) is 9.13. The standard InChI is InChI=1S/C22H29N5O4/c1-3-27-19-17(11-22(14-25-20(19)28)6-9-30-10-7-22)18(26-27)5-4-8-31-21(29)16-12-23-15(2)24-13-16/h12-13H,3-11,14H2,1-2H3,(H,25,28). The van der Waals surface area contributed by atoms with Gasteiger partial charge in [-0.1, -0.05) is 0 Å². The summed E-state index contributed by atoms with van der Waals surface area (Å²) in [5, 5.41) is 7.85. The third-order valence-corrected chi connectivity index (χ3v) is 6.19. The summed E-state index contributed by atoms with van der Waals surface area (Å²) in [7, 11) is 0. The molecule has 4 heterocycles.